The summed E-state index contributed by atoms with van der Waals surface area (Å²) in [4.78, 5) is 29.3. The SMILES string of the molecule is O=C(c1ccc(C(F)(F)F)cc1)N1CCC(C(=O)N2CCCC2c2ccc(F)cc2)CC1. The van der Waals surface area contributed by atoms with Gasteiger partial charge >= 0.3 is 6.18 Å². The van der Waals surface area contributed by atoms with E-state index in [2.05, 4.69) is 0 Å². The molecule has 8 heteroatoms. The van der Waals surface area contributed by atoms with Gasteiger partial charge in [0.15, 0.2) is 0 Å². The van der Waals surface area contributed by atoms with Gasteiger partial charge in [0.2, 0.25) is 5.91 Å². The molecule has 1 atom stereocenters. The van der Waals surface area contributed by atoms with E-state index in [9.17, 15) is 27.2 Å². The van der Waals surface area contributed by atoms with E-state index in [1.165, 1.54) is 24.3 Å². The van der Waals surface area contributed by atoms with Gasteiger partial charge in [-0.1, -0.05) is 12.1 Å². The summed E-state index contributed by atoms with van der Waals surface area (Å²) in [5.74, 6) is -0.782. The van der Waals surface area contributed by atoms with Crippen molar-refractivity contribution in [2.75, 3.05) is 19.6 Å². The van der Waals surface area contributed by atoms with Gasteiger partial charge in [-0.2, -0.15) is 13.2 Å². The molecule has 2 aromatic rings. The Morgan fingerprint density at radius 1 is 0.844 bits per heavy atom. The van der Waals surface area contributed by atoms with Gasteiger partial charge in [-0.3, -0.25) is 9.59 Å². The van der Waals surface area contributed by atoms with Crippen LogP contribution in [0.1, 0.15) is 53.2 Å². The van der Waals surface area contributed by atoms with E-state index in [0.29, 0.717) is 32.5 Å². The van der Waals surface area contributed by atoms with Gasteiger partial charge in [0.25, 0.3) is 5.91 Å². The van der Waals surface area contributed by atoms with Crippen LogP contribution in [0.5, 0.6) is 0 Å². The number of carbonyl (C=O) groups is 2. The Morgan fingerprint density at radius 2 is 1.47 bits per heavy atom. The molecule has 0 radical (unpaired) electrons. The van der Waals surface area contributed by atoms with Crippen LogP contribution >= 0.6 is 0 Å². The second kappa shape index (κ2) is 8.92. The molecule has 2 aliphatic rings. The number of rotatable bonds is 3. The Bertz CT molecular complexity index is 965. The lowest BCUT2D eigenvalue weighted by molar-refractivity contribution is -0.138. The number of hydrogen-bond donors (Lipinski definition) is 0. The van der Waals surface area contributed by atoms with Crippen LogP contribution in [0.15, 0.2) is 48.5 Å². The highest BCUT2D eigenvalue weighted by atomic mass is 19.4. The Hall–Kier alpha value is -2.90. The first-order valence-corrected chi connectivity index (χ1v) is 10.8. The summed E-state index contributed by atoms with van der Waals surface area (Å²) < 4.78 is 51.4. The fourth-order valence-corrected chi connectivity index (χ4v) is 4.61. The number of likely N-dealkylation sites (tertiary alicyclic amines) is 2. The monoisotopic (exact) mass is 448 g/mol. The molecule has 0 spiro atoms. The second-order valence-corrected chi connectivity index (χ2v) is 8.38. The summed E-state index contributed by atoms with van der Waals surface area (Å²) in [7, 11) is 0. The predicted molar refractivity (Wildman–Crippen MR) is 110 cm³/mol. The second-order valence-electron chi connectivity index (χ2n) is 8.38. The van der Waals surface area contributed by atoms with Crippen LogP contribution in [0.4, 0.5) is 17.6 Å². The maximum Gasteiger partial charge on any atom is 0.416 e. The van der Waals surface area contributed by atoms with Crippen molar-refractivity contribution in [1.29, 1.82) is 0 Å². The third-order valence-electron chi connectivity index (χ3n) is 6.38. The smallest absolute Gasteiger partial charge is 0.339 e. The van der Waals surface area contributed by atoms with E-state index in [1.54, 1.807) is 17.0 Å². The molecule has 1 unspecified atom stereocenters. The van der Waals surface area contributed by atoms with Gasteiger partial charge in [-0.05, 0) is 67.6 Å². The Balaban J connectivity index is 1.36. The molecule has 0 aromatic heterocycles. The average Bonchev–Trinajstić information content (AvgIpc) is 3.28. The lowest BCUT2D eigenvalue weighted by Crippen LogP contribution is -2.44. The minimum Gasteiger partial charge on any atom is -0.339 e. The largest absolute Gasteiger partial charge is 0.416 e. The van der Waals surface area contributed by atoms with Crippen molar-refractivity contribution in [2.24, 2.45) is 5.92 Å². The Morgan fingerprint density at radius 3 is 2.06 bits per heavy atom. The van der Waals surface area contributed by atoms with Crippen molar-refractivity contribution in [2.45, 2.75) is 37.9 Å². The standard InChI is InChI=1S/C24H24F4N2O2/c25-20-9-5-16(6-10-20)21-2-1-13-30(21)23(32)18-11-14-29(15-12-18)22(31)17-3-7-19(8-4-17)24(26,27)28/h3-10,18,21H,1-2,11-15H2. The third kappa shape index (κ3) is 4.64. The molecule has 170 valence electrons. The van der Waals surface area contributed by atoms with Gasteiger partial charge in [0.05, 0.1) is 11.6 Å². The Labute approximate surface area is 183 Å². The average molecular weight is 448 g/mol. The maximum atomic E-state index is 13.3. The summed E-state index contributed by atoms with van der Waals surface area (Å²) in [6, 6.07) is 10.4. The van der Waals surface area contributed by atoms with Gasteiger partial charge in [-0.15, -0.1) is 0 Å². The fraction of sp³-hybridized carbons (Fsp3) is 0.417. The summed E-state index contributed by atoms with van der Waals surface area (Å²) in [5.41, 5.74) is 0.338. The molecule has 2 saturated heterocycles. The van der Waals surface area contributed by atoms with Crippen LogP contribution in [0.3, 0.4) is 0 Å². The molecule has 0 aliphatic carbocycles. The molecule has 4 nitrogen and oxygen atoms in total. The predicted octanol–water partition coefficient (Wildman–Crippen LogP) is 5.06. The van der Waals surface area contributed by atoms with Crippen LogP contribution in [0.25, 0.3) is 0 Å². The number of hydrogen-bond acceptors (Lipinski definition) is 2. The molecular weight excluding hydrogens is 424 g/mol. The Kier molecular flexibility index (Phi) is 6.22. The molecule has 4 rings (SSSR count). The first-order valence-electron chi connectivity index (χ1n) is 10.8. The van der Waals surface area contributed by atoms with Crippen molar-refractivity contribution in [3.8, 4) is 0 Å². The topological polar surface area (TPSA) is 40.6 Å². The van der Waals surface area contributed by atoms with Crippen molar-refractivity contribution < 1.29 is 27.2 Å². The van der Waals surface area contributed by atoms with E-state index < -0.39 is 11.7 Å². The molecule has 2 aliphatic heterocycles. The van der Waals surface area contributed by atoms with Crippen LogP contribution in [0.2, 0.25) is 0 Å². The molecule has 32 heavy (non-hydrogen) atoms. The molecule has 0 N–H and O–H groups in total. The summed E-state index contributed by atoms with van der Waals surface area (Å²) in [6.07, 6.45) is -1.70. The highest BCUT2D eigenvalue weighted by Gasteiger charge is 2.36. The zero-order valence-corrected chi connectivity index (χ0v) is 17.4. The number of amides is 2. The molecular formula is C24H24F4N2O2. The van der Waals surface area contributed by atoms with Crippen LogP contribution in [0, 0.1) is 11.7 Å². The van der Waals surface area contributed by atoms with E-state index in [4.69, 9.17) is 0 Å². The van der Waals surface area contributed by atoms with Gasteiger partial charge in [0.1, 0.15) is 5.82 Å². The lowest BCUT2D eigenvalue weighted by atomic mass is 9.93. The number of alkyl halides is 3. The third-order valence-corrected chi connectivity index (χ3v) is 6.38. The van der Waals surface area contributed by atoms with Crippen molar-refractivity contribution in [3.05, 3.63) is 71.0 Å². The number of piperidine rings is 1. The van der Waals surface area contributed by atoms with Gasteiger partial charge in [-0.25, -0.2) is 4.39 Å². The maximum absolute atomic E-state index is 13.3. The minimum atomic E-state index is -4.44. The molecule has 2 heterocycles. The van der Waals surface area contributed by atoms with Crippen molar-refractivity contribution >= 4 is 11.8 Å². The quantitative estimate of drug-likeness (QED) is 0.616. The van der Waals surface area contributed by atoms with Gasteiger partial charge < -0.3 is 9.80 Å². The fourth-order valence-electron chi connectivity index (χ4n) is 4.61. The number of nitrogens with zero attached hydrogens (tertiary/aromatic N) is 2. The summed E-state index contributed by atoms with van der Waals surface area (Å²) >= 11 is 0. The van der Waals surface area contributed by atoms with E-state index in [0.717, 1.165) is 30.5 Å². The van der Waals surface area contributed by atoms with E-state index in [-0.39, 0.29) is 35.2 Å². The number of benzene rings is 2. The normalized spacial score (nSPS) is 19.9. The highest BCUT2D eigenvalue weighted by Crippen LogP contribution is 2.35. The minimum absolute atomic E-state index is 0.0541. The molecule has 0 bridgehead atoms. The van der Waals surface area contributed by atoms with Crippen LogP contribution < -0.4 is 0 Å². The molecule has 2 aromatic carbocycles. The summed E-state index contributed by atoms with van der Waals surface area (Å²) in [6.45, 7) is 1.42. The first kappa shape index (κ1) is 22.3. The number of halogens is 4. The van der Waals surface area contributed by atoms with E-state index >= 15 is 0 Å². The van der Waals surface area contributed by atoms with Crippen molar-refractivity contribution in [3.63, 3.8) is 0 Å². The van der Waals surface area contributed by atoms with E-state index in [1.807, 2.05) is 4.90 Å². The number of carbonyl (C=O) groups excluding carboxylic acids is 2. The lowest BCUT2D eigenvalue weighted by Gasteiger charge is -2.35. The first-order chi connectivity index (χ1) is 15.2. The molecule has 2 amide bonds. The van der Waals surface area contributed by atoms with Crippen molar-refractivity contribution in [1.82, 2.24) is 9.80 Å². The highest BCUT2D eigenvalue weighted by molar-refractivity contribution is 5.94. The zero-order valence-electron chi connectivity index (χ0n) is 17.4. The van der Waals surface area contributed by atoms with Crippen LogP contribution in [-0.4, -0.2) is 41.2 Å². The summed E-state index contributed by atoms with van der Waals surface area (Å²) in [5, 5.41) is 0. The zero-order chi connectivity index (χ0) is 22.9. The van der Waals surface area contributed by atoms with Gasteiger partial charge in [0, 0.05) is 31.1 Å². The molecule has 2 fully saturated rings. The molecule has 0 saturated carbocycles. The van der Waals surface area contributed by atoms with Crippen LogP contribution in [-0.2, 0) is 11.0 Å².